The zero-order chi connectivity index (χ0) is 14.9. The second-order valence-corrected chi connectivity index (χ2v) is 4.93. The summed E-state index contributed by atoms with van der Waals surface area (Å²) in [5.41, 5.74) is 2.14. The van der Waals surface area contributed by atoms with Gasteiger partial charge >= 0.3 is 5.97 Å². The topological polar surface area (TPSA) is 55.8 Å². The highest BCUT2D eigenvalue weighted by Crippen LogP contribution is 2.40. The summed E-state index contributed by atoms with van der Waals surface area (Å²) in [6.45, 7) is 5.44. The third-order valence-electron chi connectivity index (χ3n) is 3.13. The zero-order valence-electron chi connectivity index (χ0n) is 11.7. The van der Waals surface area contributed by atoms with Gasteiger partial charge in [-0.3, -0.25) is 14.5 Å². The van der Waals surface area contributed by atoms with Crippen molar-refractivity contribution in [2.75, 3.05) is 24.7 Å². The minimum atomic E-state index is -0.454. The molecule has 0 aliphatic carbocycles. The van der Waals surface area contributed by atoms with E-state index in [1.54, 1.807) is 19.9 Å². The first-order valence-electron chi connectivity index (χ1n) is 6.34. The average molecular weight is 298 g/mol. The molecule has 0 saturated carbocycles. The molecule has 1 aromatic rings. The largest absolute Gasteiger partial charge is 0.482 e. The van der Waals surface area contributed by atoms with Crippen LogP contribution in [0.5, 0.6) is 5.75 Å². The number of anilines is 1. The Bertz CT molecular complexity index is 571. The molecule has 0 spiro atoms. The van der Waals surface area contributed by atoms with Gasteiger partial charge in [-0.1, -0.05) is 11.6 Å². The van der Waals surface area contributed by atoms with Gasteiger partial charge in [0.15, 0.2) is 6.61 Å². The number of carbonyl (C=O) groups excluding carboxylic acids is 2. The van der Waals surface area contributed by atoms with Crippen LogP contribution in [0.4, 0.5) is 5.69 Å². The highest BCUT2D eigenvalue weighted by atomic mass is 35.5. The zero-order valence-corrected chi connectivity index (χ0v) is 12.4. The van der Waals surface area contributed by atoms with Gasteiger partial charge in [0.1, 0.15) is 12.3 Å². The van der Waals surface area contributed by atoms with E-state index in [-0.39, 0.29) is 25.7 Å². The summed E-state index contributed by atoms with van der Waals surface area (Å²) in [6.07, 6.45) is 0. The normalized spacial score (nSPS) is 13.8. The van der Waals surface area contributed by atoms with E-state index in [0.29, 0.717) is 16.5 Å². The summed E-state index contributed by atoms with van der Waals surface area (Å²) in [7, 11) is 0. The monoisotopic (exact) mass is 297 g/mol. The molecule has 1 aromatic carbocycles. The summed E-state index contributed by atoms with van der Waals surface area (Å²) in [4.78, 5) is 25.0. The van der Waals surface area contributed by atoms with Crippen molar-refractivity contribution >= 4 is 29.2 Å². The molecule has 108 valence electrons. The predicted octanol–water partition coefficient (Wildman–Crippen LogP) is 2.25. The van der Waals surface area contributed by atoms with E-state index in [0.717, 1.165) is 11.1 Å². The fourth-order valence-electron chi connectivity index (χ4n) is 2.20. The average Bonchev–Trinajstić information content (AvgIpc) is 2.40. The second-order valence-electron chi connectivity index (χ2n) is 4.55. The highest BCUT2D eigenvalue weighted by molar-refractivity contribution is 6.32. The number of benzene rings is 1. The van der Waals surface area contributed by atoms with Crippen LogP contribution < -0.4 is 9.64 Å². The smallest absolute Gasteiger partial charge is 0.326 e. The Morgan fingerprint density at radius 1 is 1.50 bits per heavy atom. The van der Waals surface area contributed by atoms with E-state index in [4.69, 9.17) is 21.1 Å². The van der Waals surface area contributed by atoms with Crippen molar-refractivity contribution in [3.05, 3.63) is 22.2 Å². The van der Waals surface area contributed by atoms with E-state index in [1.807, 2.05) is 6.92 Å². The molecule has 0 fully saturated rings. The summed E-state index contributed by atoms with van der Waals surface area (Å²) in [5, 5.41) is 0.566. The molecular formula is C14H16ClNO4. The Kier molecular flexibility index (Phi) is 4.18. The van der Waals surface area contributed by atoms with Gasteiger partial charge in [0.25, 0.3) is 5.91 Å². The first kappa shape index (κ1) is 14.7. The highest BCUT2D eigenvalue weighted by Gasteiger charge is 2.30. The molecule has 0 atom stereocenters. The fraction of sp³-hybridized carbons (Fsp3) is 0.429. The third-order valence-corrected chi connectivity index (χ3v) is 3.71. The van der Waals surface area contributed by atoms with Gasteiger partial charge in [0.05, 0.1) is 12.3 Å². The number of aryl methyl sites for hydroxylation is 1. The first-order valence-corrected chi connectivity index (χ1v) is 6.72. The van der Waals surface area contributed by atoms with Crippen LogP contribution >= 0.6 is 11.6 Å². The summed E-state index contributed by atoms with van der Waals surface area (Å²) in [6, 6.07) is 1.77. The van der Waals surface area contributed by atoms with Crippen LogP contribution in [0.1, 0.15) is 18.1 Å². The van der Waals surface area contributed by atoms with E-state index in [2.05, 4.69) is 0 Å². The number of halogens is 1. The van der Waals surface area contributed by atoms with Crippen molar-refractivity contribution in [1.29, 1.82) is 0 Å². The summed E-state index contributed by atoms with van der Waals surface area (Å²) in [5.74, 6) is -0.174. The lowest BCUT2D eigenvalue weighted by atomic mass is 10.1. The van der Waals surface area contributed by atoms with Crippen LogP contribution in [0.3, 0.4) is 0 Å². The number of esters is 1. The predicted molar refractivity (Wildman–Crippen MR) is 75.4 cm³/mol. The number of nitrogens with zero attached hydrogens (tertiary/aromatic N) is 1. The Morgan fingerprint density at radius 2 is 2.20 bits per heavy atom. The van der Waals surface area contributed by atoms with Gasteiger partial charge in [0, 0.05) is 5.02 Å². The van der Waals surface area contributed by atoms with Gasteiger partial charge in [-0.05, 0) is 38.0 Å². The van der Waals surface area contributed by atoms with E-state index < -0.39 is 5.97 Å². The Hall–Kier alpha value is -1.75. The first-order chi connectivity index (χ1) is 9.45. The van der Waals surface area contributed by atoms with Crippen LogP contribution in [-0.4, -0.2) is 31.6 Å². The van der Waals surface area contributed by atoms with E-state index in [9.17, 15) is 9.59 Å². The van der Waals surface area contributed by atoms with Crippen molar-refractivity contribution in [1.82, 2.24) is 0 Å². The number of hydrogen-bond donors (Lipinski definition) is 0. The van der Waals surface area contributed by atoms with E-state index in [1.165, 1.54) is 4.90 Å². The molecule has 0 N–H and O–H groups in total. The van der Waals surface area contributed by atoms with Crippen LogP contribution in [0, 0.1) is 13.8 Å². The molecule has 0 aromatic heterocycles. The molecule has 1 aliphatic heterocycles. The second kappa shape index (κ2) is 5.71. The molecule has 0 radical (unpaired) electrons. The molecular weight excluding hydrogens is 282 g/mol. The minimum Gasteiger partial charge on any atom is -0.482 e. The number of ether oxygens (including phenoxy) is 2. The Balaban J connectivity index is 2.43. The van der Waals surface area contributed by atoms with Gasteiger partial charge in [0.2, 0.25) is 0 Å². The van der Waals surface area contributed by atoms with Crippen LogP contribution in [-0.2, 0) is 14.3 Å². The van der Waals surface area contributed by atoms with E-state index >= 15 is 0 Å². The SMILES string of the molecule is CCOC(=O)CN1C(=O)COc2cc(C)c(Cl)c(C)c21. The molecule has 0 unspecified atom stereocenters. The number of rotatable bonds is 3. The van der Waals surface area contributed by atoms with Crippen molar-refractivity contribution in [2.45, 2.75) is 20.8 Å². The van der Waals surface area contributed by atoms with Crippen LogP contribution in [0.2, 0.25) is 5.02 Å². The van der Waals surface area contributed by atoms with Crippen molar-refractivity contribution in [3.63, 3.8) is 0 Å². The maximum Gasteiger partial charge on any atom is 0.326 e. The van der Waals surface area contributed by atoms with Crippen LogP contribution in [0.15, 0.2) is 6.07 Å². The molecule has 6 heteroatoms. The maximum absolute atomic E-state index is 12.0. The summed E-state index contributed by atoms with van der Waals surface area (Å²) < 4.78 is 10.3. The van der Waals surface area contributed by atoms with Gasteiger partial charge in [-0.15, -0.1) is 0 Å². The number of amides is 1. The maximum atomic E-state index is 12.0. The third kappa shape index (κ3) is 2.58. The van der Waals surface area contributed by atoms with Crippen molar-refractivity contribution in [2.24, 2.45) is 0 Å². The molecule has 0 bridgehead atoms. The lowest BCUT2D eigenvalue weighted by Gasteiger charge is -2.31. The molecule has 2 rings (SSSR count). The van der Waals surface area contributed by atoms with Gasteiger partial charge < -0.3 is 9.47 Å². The van der Waals surface area contributed by atoms with Crippen LogP contribution in [0.25, 0.3) is 0 Å². The molecule has 1 amide bonds. The van der Waals surface area contributed by atoms with Gasteiger partial charge in [-0.2, -0.15) is 0 Å². The molecule has 20 heavy (non-hydrogen) atoms. The fourth-order valence-corrected chi connectivity index (χ4v) is 2.35. The molecule has 0 saturated heterocycles. The lowest BCUT2D eigenvalue weighted by molar-refractivity contribution is -0.142. The lowest BCUT2D eigenvalue weighted by Crippen LogP contribution is -2.43. The van der Waals surface area contributed by atoms with Gasteiger partial charge in [-0.25, -0.2) is 0 Å². The number of carbonyl (C=O) groups is 2. The minimum absolute atomic E-state index is 0.0904. The number of hydrogen-bond acceptors (Lipinski definition) is 4. The molecule has 1 heterocycles. The molecule has 5 nitrogen and oxygen atoms in total. The summed E-state index contributed by atoms with van der Waals surface area (Å²) >= 11 is 6.22. The Labute approximate surface area is 122 Å². The van der Waals surface area contributed by atoms with Crippen molar-refractivity contribution in [3.8, 4) is 5.75 Å². The quantitative estimate of drug-likeness (QED) is 0.803. The number of fused-ring (bicyclic) bond motifs is 1. The van der Waals surface area contributed by atoms with Crippen molar-refractivity contribution < 1.29 is 19.1 Å². The Morgan fingerprint density at radius 3 is 2.85 bits per heavy atom. The standard InChI is InChI=1S/C14H16ClNO4/c1-4-19-12(18)6-16-11(17)7-20-10-5-8(2)13(15)9(3)14(10)16/h5H,4,6-7H2,1-3H3. The molecule has 1 aliphatic rings.